The normalized spacial score (nSPS) is 14.9. The van der Waals surface area contributed by atoms with E-state index in [-0.39, 0.29) is 25.0 Å². The van der Waals surface area contributed by atoms with Crippen molar-refractivity contribution in [2.75, 3.05) is 0 Å². The van der Waals surface area contributed by atoms with E-state index in [2.05, 4.69) is 88.5 Å². The Morgan fingerprint density at radius 1 is 0.917 bits per heavy atom. The molecule has 1 atom stereocenters. The fourth-order valence-corrected chi connectivity index (χ4v) is 10.6. The Kier molecular flexibility index (Phi) is 5.90. The van der Waals surface area contributed by atoms with Gasteiger partial charge in [0.25, 0.3) is 0 Å². The minimum absolute atomic E-state index is 0.149. The topological polar surface area (TPSA) is 17.1 Å². The van der Waals surface area contributed by atoms with Gasteiger partial charge in [0.2, 0.25) is 0 Å². The van der Waals surface area contributed by atoms with Crippen LogP contribution < -0.4 is 4.46 Å². The Hall–Kier alpha value is -1.15. The fourth-order valence-electron chi connectivity index (χ4n) is 2.99. The van der Waals surface area contributed by atoms with Crippen molar-refractivity contribution >= 4 is 33.8 Å². The molecule has 0 fully saturated rings. The van der Waals surface area contributed by atoms with Crippen LogP contribution in [0.2, 0.25) is 23.5 Å². The molecule has 3 heteroatoms. The molecular weight excluding hydrogens is 375 g/mol. The van der Waals surface area contributed by atoms with Crippen LogP contribution in [-0.4, -0.2) is 29.3 Å². The molecule has 0 aliphatic heterocycles. The molecule has 0 saturated heterocycles. The molecule has 0 bridgehead atoms. The van der Waals surface area contributed by atoms with E-state index in [0.29, 0.717) is 0 Å². The van der Waals surface area contributed by atoms with E-state index in [1.54, 1.807) is 0 Å². The molecule has 128 valence electrons. The molecule has 1 nitrogen and oxygen atoms in total. The van der Waals surface area contributed by atoms with Gasteiger partial charge in [0.1, 0.15) is 0 Å². The maximum atomic E-state index is 12.6. The van der Waals surface area contributed by atoms with Crippen LogP contribution in [0.15, 0.2) is 60.7 Å². The maximum absolute atomic E-state index is 12.6. The molecule has 1 unspecified atom stereocenters. The van der Waals surface area contributed by atoms with E-state index in [4.69, 9.17) is 0 Å². The zero-order valence-corrected chi connectivity index (χ0v) is 18.1. The fraction of sp³-hybridized carbons (Fsp3) is 0.381. The molecule has 0 aliphatic carbocycles. The quantitative estimate of drug-likeness (QED) is 0.508. The SMILES string of the molecule is CC(C)(C)[Si](C)(C)C(C=O)(C[Se]c1ccccc1)c1ccccc1. The number of rotatable bonds is 6. The van der Waals surface area contributed by atoms with Gasteiger partial charge in [-0.05, 0) is 0 Å². The first kappa shape index (κ1) is 19.2. The summed E-state index contributed by atoms with van der Waals surface area (Å²) in [6.07, 6.45) is 1.28. The number of aldehydes is 1. The van der Waals surface area contributed by atoms with E-state index in [0.717, 1.165) is 5.32 Å². The average Bonchev–Trinajstić information content (AvgIpc) is 2.56. The van der Waals surface area contributed by atoms with Crippen LogP contribution in [0.3, 0.4) is 0 Å². The predicted octanol–water partition coefficient (Wildman–Crippen LogP) is 4.62. The van der Waals surface area contributed by atoms with Crippen molar-refractivity contribution in [3.8, 4) is 0 Å². The number of carbonyl (C=O) groups is 1. The number of hydrogen-bond donors (Lipinski definition) is 0. The zero-order chi connectivity index (χ0) is 17.8. The van der Waals surface area contributed by atoms with Gasteiger partial charge in [-0.15, -0.1) is 0 Å². The Balaban J connectivity index is 2.50. The van der Waals surface area contributed by atoms with Crippen molar-refractivity contribution in [2.24, 2.45) is 0 Å². The van der Waals surface area contributed by atoms with Crippen LogP contribution in [0.25, 0.3) is 0 Å². The summed E-state index contributed by atoms with van der Waals surface area (Å²) in [6.45, 7) is 11.7. The van der Waals surface area contributed by atoms with Crippen molar-refractivity contribution in [2.45, 2.75) is 49.3 Å². The standard InChI is InChI=1S/C21H28OSeSi/c1-20(2,3)24(4,5)21(16-22,18-12-8-6-9-13-18)17-23-19-14-10-7-11-15-19/h6-16H,17H2,1-5H3. The molecule has 0 radical (unpaired) electrons. The molecule has 24 heavy (non-hydrogen) atoms. The van der Waals surface area contributed by atoms with Gasteiger partial charge in [0.15, 0.2) is 0 Å². The van der Waals surface area contributed by atoms with Crippen molar-refractivity contribution in [1.29, 1.82) is 0 Å². The number of benzene rings is 2. The third-order valence-electron chi connectivity index (χ3n) is 5.69. The summed E-state index contributed by atoms with van der Waals surface area (Å²) in [5, 5.41) is 0.743. The third-order valence-corrected chi connectivity index (χ3v) is 15.4. The Morgan fingerprint density at radius 2 is 1.42 bits per heavy atom. The van der Waals surface area contributed by atoms with Crippen LogP contribution in [0.1, 0.15) is 26.3 Å². The molecule has 0 N–H and O–H groups in total. The second kappa shape index (κ2) is 7.39. The monoisotopic (exact) mass is 404 g/mol. The molecule has 0 amide bonds. The second-order valence-electron chi connectivity index (χ2n) is 7.93. The molecule has 2 aromatic rings. The molecule has 0 spiro atoms. The van der Waals surface area contributed by atoms with Crippen LogP contribution in [0.5, 0.6) is 0 Å². The average molecular weight is 404 g/mol. The van der Waals surface area contributed by atoms with Gasteiger partial charge in [-0.2, -0.15) is 0 Å². The zero-order valence-electron chi connectivity index (χ0n) is 15.4. The third kappa shape index (κ3) is 3.59. The summed E-state index contributed by atoms with van der Waals surface area (Å²) >= 11 is 0.285. The number of carbonyl (C=O) groups excluding carboxylic acids is 1. The van der Waals surface area contributed by atoms with Gasteiger partial charge >= 0.3 is 154 Å². The first-order valence-electron chi connectivity index (χ1n) is 8.44. The van der Waals surface area contributed by atoms with Gasteiger partial charge in [-0.1, -0.05) is 0 Å². The van der Waals surface area contributed by atoms with E-state index < -0.39 is 8.07 Å². The van der Waals surface area contributed by atoms with E-state index >= 15 is 0 Å². The molecule has 2 aromatic carbocycles. The second-order valence-corrected chi connectivity index (χ2v) is 15.8. The molecule has 0 heterocycles. The Morgan fingerprint density at radius 3 is 1.88 bits per heavy atom. The minimum atomic E-state index is -1.93. The summed E-state index contributed by atoms with van der Waals surface area (Å²) in [7, 11) is -1.93. The van der Waals surface area contributed by atoms with Crippen LogP contribution in [0, 0.1) is 0 Å². The van der Waals surface area contributed by atoms with Gasteiger partial charge in [0, 0.05) is 0 Å². The summed E-state index contributed by atoms with van der Waals surface area (Å²) in [4.78, 5) is 12.6. The predicted molar refractivity (Wildman–Crippen MR) is 108 cm³/mol. The Bertz CT molecular complexity index is 661. The van der Waals surface area contributed by atoms with E-state index in [9.17, 15) is 4.79 Å². The molecule has 0 aliphatic rings. The summed E-state index contributed by atoms with van der Waals surface area (Å²) < 4.78 is 1.37. The van der Waals surface area contributed by atoms with Gasteiger partial charge in [-0.3, -0.25) is 0 Å². The summed E-state index contributed by atoms with van der Waals surface area (Å²) in [6, 6.07) is 21.1. The van der Waals surface area contributed by atoms with E-state index in [1.807, 2.05) is 6.07 Å². The number of hydrogen-bond acceptors (Lipinski definition) is 1. The van der Waals surface area contributed by atoms with Gasteiger partial charge in [0.05, 0.1) is 0 Å². The Labute approximate surface area is 154 Å². The molecule has 0 aromatic heterocycles. The van der Waals surface area contributed by atoms with Crippen LogP contribution in [0.4, 0.5) is 0 Å². The summed E-state index contributed by atoms with van der Waals surface area (Å²) in [5.74, 6) is 0. The van der Waals surface area contributed by atoms with Crippen LogP contribution in [-0.2, 0) is 9.83 Å². The summed E-state index contributed by atoms with van der Waals surface area (Å²) in [5.41, 5.74) is 1.20. The van der Waals surface area contributed by atoms with Crippen molar-refractivity contribution in [3.05, 3.63) is 66.2 Å². The van der Waals surface area contributed by atoms with Crippen molar-refractivity contribution in [3.63, 3.8) is 0 Å². The van der Waals surface area contributed by atoms with E-state index in [1.165, 1.54) is 16.3 Å². The molecular formula is C21H28OSeSi. The van der Waals surface area contributed by atoms with Gasteiger partial charge < -0.3 is 0 Å². The van der Waals surface area contributed by atoms with Crippen LogP contribution >= 0.6 is 0 Å². The van der Waals surface area contributed by atoms with Crippen molar-refractivity contribution in [1.82, 2.24) is 0 Å². The van der Waals surface area contributed by atoms with Crippen molar-refractivity contribution < 1.29 is 4.79 Å². The molecule has 2 rings (SSSR count). The molecule has 0 saturated carbocycles. The van der Waals surface area contributed by atoms with Gasteiger partial charge in [-0.25, -0.2) is 0 Å². The first-order chi connectivity index (χ1) is 11.2. The first-order valence-corrected chi connectivity index (χ1v) is 13.5.